The number of rotatable bonds is 4. The fraction of sp³-hybridized carbons (Fsp3) is 0.500. The summed E-state index contributed by atoms with van der Waals surface area (Å²) in [6, 6.07) is 5.75. The maximum Gasteiger partial charge on any atom is 0.262 e. The molecule has 0 aromatic heterocycles. The monoisotopic (exact) mass is 327 g/mol. The topological polar surface area (TPSA) is 53.5 Å². The van der Waals surface area contributed by atoms with Gasteiger partial charge < -0.3 is 5.32 Å². The Morgan fingerprint density at radius 3 is 2.38 bits per heavy atom. The Hall–Kier alpha value is -2.10. The second-order valence-electron chi connectivity index (χ2n) is 7.72. The molecule has 1 aliphatic carbocycles. The molecule has 0 bridgehead atoms. The van der Waals surface area contributed by atoms with E-state index in [9.17, 15) is 4.79 Å². The van der Waals surface area contributed by atoms with Crippen LogP contribution in [-0.2, 0) is 4.79 Å². The number of carbonyl (C=O) groups is 1. The Labute approximate surface area is 145 Å². The Morgan fingerprint density at radius 1 is 1.17 bits per heavy atom. The fourth-order valence-corrected chi connectivity index (χ4v) is 3.31. The van der Waals surface area contributed by atoms with Crippen molar-refractivity contribution in [2.45, 2.75) is 60.4 Å². The van der Waals surface area contributed by atoms with E-state index in [4.69, 9.17) is 0 Å². The minimum atomic E-state index is -0.351. The van der Waals surface area contributed by atoms with Crippen molar-refractivity contribution in [1.29, 1.82) is 0 Å². The highest BCUT2D eigenvalue weighted by molar-refractivity contribution is 5.97. The highest BCUT2D eigenvalue weighted by Gasteiger charge is 2.25. The molecule has 4 heteroatoms. The van der Waals surface area contributed by atoms with Crippen molar-refractivity contribution in [3.8, 4) is 0 Å². The number of allylic oxidation sites excluding steroid dienone is 2. The quantitative estimate of drug-likeness (QED) is 0.808. The molecular weight excluding hydrogens is 298 g/mol. The lowest BCUT2D eigenvalue weighted by Gasteiger charge is -2.29. The maximum absolute atomic E-state index is 12.4. The number of para-hydroxylation sites is 1. The zero-order valence-electron chi connectivity index (χ0n) is 15.7. The van der Waals surface area contributed by atoms with Crippen LogP contribution in [0.1, 0.15) is 51.7 Å². The molecule has 0 spiro atoms. The van der Waals surface area contributed by atoms with Crippen LogP contribution in [0.25, 0.3) is 0 Å². The van der Waals surface area contributed by atoms with Crippen LogP contribution in [0.4, 0.5) is 5.69 Å². The van der Waals surface area contributed by atoms with Crippen LogP contribution >= 0.6 is 0 Å². The van der Waals surface area contributed by atoms with Gasteiger partial charge in [-0.2, -0.15) is 5.10 Å². The van der Waals surface area contributed by atoms with Gasteiger partial charge in [0.2, 0.25) is 0 Å². The van der Waals surface area contributed by atoms with Crippen molar-refractivity contribution >= 4 is 17.3 Å². The van der Waals surface area contributed by atoms with Gasteiger partial charge in [0.25, 0.3) is 5.91 Å². The molecule has 0 radical (unpaired) electrons. The molecule has 1 atom stereocenters. The molecule has 0 saturated carbocycles. The summed E-state index contributed by atoms with van der Waals surface area (Å²) in [5.74, 6) is -0.125. The largest absolute Gasteiger partial charge is 0.373 e. The second kappa shape index (κ2) is 7.20. The van der Waals surface area contributed by atoms with E-state index in [-0.39, 0.29) is 17.4 Å². The number of hydrogen-bond acceptors (Lipinski definition) is 3. The maximum atomic E-state index is 12.4. The summed E-state index contributed by atoms with van der Waals surface area (Å²) in [4.78, 5) is 12.4. The van der Waals surface area contributed by atoms with Gasteiger partial charge >= 0.3 is 0 Å². The fourth-order valence-electron chi connectivity index (χ4n) is 3.31. The van der Waals surface area contributed by atoms with Crippen LogP contribution in [0.5, 0.6) is 0 Å². The van der Waals surface area contributed by atoms with Crippen LogP contribution in [0, 0.1) is 19.3 Å². The average Bonchev–Trinajstić information content (AvgIpc) is 2.46. The summed E-state index contributed by atoms with van der Waals surface area (Å²) < 4.78 is 0. The number of hydrazone groups is 1. The lowest BCUT2D eigenvalue weighted by molar-refractivity contribution is -0.121. The number of amides is 1. The average molecular weight is 327 g/mol. The van der Waals surface area contributed by atoms with E-state index in [1.54, 1.807) is 0 Å². The minimum absolute atomic E-state index is 0.125. The van der Waals surface area contributed by atoms with Crippen molar-refractivity contribution in [1.82, 2.24) is 5.43 Å². The van der Waals surface area contributed by atoms with Gasteiger partial charge in [-0.05, 0) is 63.2 Å². The molecule has 1 aromatic carbocycles. The first-order valence-corrected chi connectivity index (χ1v) is 8.54. The van der Waals surface area contributed by atoms with Gasteiger partial charge in [-0.1, -0.05) is 37.6 Å². The predicted octanol–water partition coefficient (Wildman–Crippen LogP) is 4.34. The van der Waals surface area contributed by atoms with Crippen molar-refractivity contribution in [2.24, 2.45) is 10.5 Å². The van der Waals surface area contributed by atoms with Crippen LogP contribution < -0.4 is 10.7 Å². The van der Waals surface area contributed by atoms with E-state index in [0.29, 0.717) is 0 Å². The smallest absolute Gasteiger partial charge is 0.262 e. The molecule has 0 aliphatic heterocycles. The van der Waals surface area contributed by atoms with Gasteiger partial charge in [-0.25, -0.2) is 5.43 Å². The Bertz CT molecular complexity index is 666. The summed E-state index contributed by atoms with van der Waals surface area (Å²) in [6.45, 7) is 12.5. The molecule has 2 N–H and O–H groups in total. The second-order valence-corrected chi connectivity index (χ2v) is 7.72. The van der Waals surface area contributed by atoms with Crippen LogP contribution in [-0.4, -0.2) is 17.7 Å². The number of aryl methyl sites for hydroxylation is 2. The molecule has 2 rings (SSSR count). The van der Waals surface area contributed by atoms with Crippen LogP contribution in [0.3, 0.4) is 0 Å². The number of hydrogen-bond donors (Lipinski definition) is 2. The summed E-state index contributed by atoms with van der Waals surface area (Å²) in [5.41, 5.74) is 8.44. The van der Waals surface area contributed by atoms with Crippen molar-refractivity contribution in [3.05, 3.63) is 41.0 Å². The SMILES string of the molecule is CC1=C/C(=N\NC(=O)[C@@H](C)Nc2c(C)cccc2C)CC(C)(C)C1. The molecular formula is C20H29N3O. The third kappa shape index (κ3) is 4.70. The Kier molecular flexibility index (Phi) is 5.47. The first kappa shape index (κ1) is 18.2. The summed E-state index contributed by atoms with van der Waals surface area (Å²) in [7, 11) is 0. The standard InChI is InChI=1S/C20H29N3O/c1-13-10-17(12-20(5,6)11-13)22-23-19(24)16(4)21-18-14(2)8-7-9-15(18)3/h7-10,16,21H,11-12H2,1-6H3,(H,23,24)/b22-17+/t16-/m1/s1. The summed E-state index contributed by atoms with van der Waals surface area (Å²) >= 11 is 0. The molecule has 130 valence electrons. The van der Waals surface area contributed by atoms with Gasteiger partial charge in [-0.3, -0.25) is 4.79 Å². The van der Waals surface area contributed by atoms with Gasteiger partial charge in [0.1, 0.15) is 6.04 Å². The zero-order valence-corrected chi connectivity index (χ0v) is 15.7. The molecule has 0 unspecified atom stereocenters. The van der Waals surface area contributed by atoms with E-state index < -0.39 is 0 Å². The Balaban J connectivity index is 2.02. The third-order valence-corrected chi connectivity index (χ3v) is 4.38. The lowest BCUT2D eigenvalue weighted by Crippen LogP contribution is -2.36. The van der Waals surface area contributed by atoms with Crippen molar-refractivity contribution in [2.75, 3.05) is 5.32 Å². The van der Waals surface area contributed by atoms with E-state index in [1.807, 2.05) is 39.0 Å². The molecule has 1 aromatic rings. The van der Waals surface area contributed by atoms with Crippen LogP contribution in [0.2, 0.25) is 0 Å². The highest BCUT2D eigenvalue weighted by Crippen LogP contribution is 2.33. The minimum Gasteiger partial charge on any atom is -0.373 e. The van der Waals surface area contributed by atoms with Crippen LogP contribution in [0.15, 0.2) is 34.9 Å². The van der Waals surface area contributed by atoms with Crippen molar-refractivity contribution < 1.29 is 4.79 Å². The van der Waals surface area contributed by atoms with E-state index in [0.717, 1.165) is 35.4 Å². The summed E-state index contributed by atoms with van der Waals surface area (Å²) in [6.07, 6.45) is 4.03. The molecule has 1 aliphatic rings. The summed E-state index contributed by atoms with van der Waals surface area (Å²) in [5, 5.41) is 7.63. The van der Waals surface area contributed by atoms with Gasteiger partial charge in [-0.15, -0.1) is 0 Å². The molecule has 0 heterocycles. The van der Waals surface area contributed by atoms with Gasteiger partial charge in [0, 0.05) is 5.69 Å². The molecule has 0 fully saturated rings. The lowest BCUT2D eigenvalue weighted by atomic mass is 9.77. The molecule has 24 heavy (non-hydrogen) atoms. The first-order valence-electron chi connectivity index (χ1n) is 8.54. The number of carbonyl (C=O) groups excluding carboxylic acids is 1. The highest BCUT2D eigenvalue weighted by atomic mass is 16.2. The number of nitrogens with zero attached hydrogens (tertiary/aromatic N) is 1. The molecule has 4 nitrogen and oxygen atoms in total. The third-order valence-electron chi connectivity index (χ3n) is 4.38. The van der Waals surface area contributed by atoms with E-state index >= 15 is 0 Å². The first-order chi connectivity index (χ1) is 11.2. The molecule has 0 saturated heterocycles. The zero-order chi connectivity index (χ0) is 17.9. The number of benzene rings is 1. The van der Waals surface area contributed by atoms with E-state index in [1.165, 1.54) is 5.57 Å². The van der Waals surface area contributed by atoms with Gasteiger partial charge in [0.15, 0.2) is 0 Å². The number of anilines is 1. The van der Waals surface area contributed by atoms with Crippen molar-refractivity contribution in [3.63, 3.8) is 0 Å². The predicted molar refractivity (Wildman–Crippen MR) is 101 cm³/mol. The normalized spacial score (nSPS) is 19.6. The molecule has 1 amide bonds. The Morgan fingerprint density at radius 2 is 1.79 bits per heavy atom. The van der Waals surface area contributed by atoms with Gasteiger partial charge in [0.05, 0.1) is 5.71 Å². The number of nitrogens with one attached hydrogen (secondary N) is 2. The van der Waals surface area contributed by atoms with E-state index in [2.05, 4.69) is 42.7 Å².